The number of rotatable bonds is 12. The Morgan fingerprint density at radius 3 is 2.06 bits per heavy atom. The number of carbonyl (C=O) groups excluding carboxylic acids is 1. The molecule has 0 aromatic carbocycles. The molecule has 0 fully saturated rings. The van der Waals surface area contributed by atoms with Crippen LogP contribution in [0.25, 0.3) is 0 Å². The van der Waals surface area contributed by atoms with Gasteiger partial charge < -0.3 is 9.64 Å². The lowest BCUT2D eigenvalue weighted by Gasteiger charge is -2.21. The highest BCUT2D eigenvalue weighted by molar-refractivity contribution is 5.76. The average Bonchev–Trinajstić information content (AvgIpc) is 2.37. The van der Waals surface area contributed by atoms with Crippen molar-refractivity contribution in [2.24, 2.45) is 0 Å². The second-order valence-electron chi connectivity index (χ2n) is 4.80. The van der Waals surface area contributed by atoms with E-state index in [4.69, 9.17) is 4.74 Å². The zero-order chi connectivity index (χ0) is 13.6. The number of unbranched alkanes of at least 4 members (excludes halogenated alkanes) is 2. The molecule has 0 aromatic rings. The minimum Gasteiger partial charge on any atom is -0.381 e. The van der Waals surface area contributed by atoms with Crippen molar-refractivity contribution in [3.05, 3.63) is 0 Å². The number of nitrogens with zero attached hydrogens (tertiary/aromatic N) is 1. The van der Waals surface area contributed by atoms with E-state index in [2.05, 4.69) is 20.8 Å². The summed E-state index contributed by atoms with van der Waals surface area (Å²) in [7, 11) is 0. The van der Waals surface area contributed by atoms with Gasteiger partial charge in [-0.2, -0.15) is 0 Å². The Morgan fingerprint density at radius 2 is 1.50 bits per heavy atom. The predicted molar refractivity (Wildman–Crippen MR) is 76.7 cm³/mol. The Kier molecular flexibility index (Phi) is 12.5. The lowest BCUT2D eigenvalue weighted by molar-refractivity contribution is -0.131. The van der Waals surface area contributed by atoms with Crippen LogP contribution < -0.4 is 0 Å². The van der Waals surface area contributed by atoms with Crippen molar-refractivity contribution < 1.29 is 9.53 Å². The van der Waals surface area contributed by atoms with Crippen molar-refractivity contribution in [1.82, 2.24) is 4.90 Å². The maximum Gasteiger partial charge on any atom is 0.222 e. The number of carbonyl (C=O) groups is 1. The van der Waals surface area contributed by atoms with Gasteiger partial charge in [0.1, 0.15) is 0 Å². The molecule has 0 rings (SSSR count). The van der Waals surface area contributed by atoms with Gasteiger partial charge in [-0.1, -0.05) is 33.6 Å². The van der Waals surface area contributed by atoms with E-state index >= 15 is 0 Å². The molecule has 0 aromatic heterocycles. The SMILES string of the molecule is CCCCCOCCCC(=O)N(CCC)CCC. The number of hydrogen-bond acceptors (Lipinski definition) is 2. The van der Waals surface area contributed by atoms with Crippen LogP contribution in [0.5, 0.6) is 0 Å². The molecule has 3 heteroatoms. The number of hydrogen-bond donors (Lipinski definition) is 0. The largest absolute Gasteiger partial charge is 0.381 e. The standard InChI is InChI=1S/C15H31NO2/c1-4-7-8-13-18-14-9-10-15(17)16(11-5-2)12-6-3/h4-14H2,1-3H3. The van der Waals surface area contributed by atoms with Gasteiger partial charge in [0.15, 0.2) is 0 Å². The first kappa shape index (κ1) is 17.4. The average molecular weight is 257 g/mol. The Bertz CT molecular complexity index is 189. The van der Waals surface area contributed by atoms with Gasteiger partial charge in [0.25, 0.3) is 0 Å². The van der Waals surface area contributed by atoms with E-state index in [1.807, 2.05) is 4.90 Å². The zero-order valence-corrected chi connectivity index (χ0v) is 12.5. The summed E-state index contributed by atoms with van der Waals surface area (Å²) >= 11 is 0. The van der Waals surface area contributed by atoms with Gasteiger partial charge in [0.05, 0.1) is 0 Å². The fourth-order valence-corrected chi connectivity index (χ4v) is 1.94. The van der Waals surface area contributed by atoms with Crippen molar-refractivity contribution in [2.45, 2.75) is 65.7 Å². The number of ether oxygens (including phenoxy) is 1. The molecule has 0 unspecified atom stereocenters. The summed E-state index contributed by atoms with van der Waals surface area (Å²) in [6.45, 7) is 9.78. The molecular weight excluding hydrogens is 226 g/mol. The molecule has 0 radical (unpaired) electrons. The van der Waals surface area contributed by atoms with Crippen LogP contribution in [-0.2, 0) is 9.53 Å². The summed E-state index contributed by atoms with van der Waals surface area (Å²) in [6, 6.07) is 0. The topological polar surface area (TPSA) is 29.5 Å². The first-order valence-electron chi connectivity index (χ1n) is 7.61. The minimum absolute atomic E-state index is 0.288. The number of amides is 1. The summed E-state index contributed by atoms with van der Waals surface area (Å²) < 4.78 is 5.52. The van der Waals surface area contributed by atoms with Crippen LogP contribution >= 0.6 is 0 Å². The molecular formula is C15H31NO2. The van der Waals surface area contributed by atoms with Gasteiger partial charge in [-0.05, 0) is 25.7 Å². The Balaban J connectivity index is 3.54. The fourth-order valence-electron chi connectivity index (χ4n) is 1.94. The predicted octanol–water partition coefficient (Wildman–Crippen LogP) is 3.62. The lowest BCUT2D eigenvalue weighted by Crippen LogP contribution is -2.32. The van der Waals surface area contributed by atoms with Crippen LogP contribution in [0.4, 0.5) is 0 Å². The van der Waals surface area contributed by atoms with Crippen LogP contribution in [0.15, 0.2) is 0 Å². The Morgan fingerprint density at radius 1 is 0.889 bits per heavy atom. The quantitative estimate of drug-likeness (QED) is 0.500. The van der Waals surface area contributed by atoms with Crippen molar-refractivity contribution in [2.75, 3.05) is 26.3 Å². The van der Waals surface area contributed by atoms with Gasteiger partial charge in [-0.3, -0.25) is 4.79 Å². The molecule has 0 bridgehead atoms. The molecule has 0 atom stereocenters. The maximum atomic E-state index is 11.9. The maximum absolute atomic E-state index is 11.9. The van der Waals surface area contributed by atoms with Gasteiger partial charge >= 0.3 is 0 Å². The highest BCUT2D eigenvalue weighted by Crippen LogP contribution is 2.02. The summed E-state index contributed by atoms with van der Waals surface area (Å²) in [4.78, 5) is 13.9. The molecule has 0 heterocycles. The lowest BCUT2D eigenvalue weighted by atomic mass is 10.2. The third-order valence-corrected chi connectivity index (χ3v) is 2.91. The zero-order valence-electron chi connectivity index (χ0n) is 12.5. The van der Waals surface area contributed by atoms with Gasteiger partial charge in [0, 0.05) is 32.7 Å². The molecule has 0 aliphatic rings. The molecule has 108 valence electrons. The summed E-state index contributed by atoms with van der Waals surface area (Å²) in [5.74, 6) is 0.288. The molecule has 1 amide bonds. The van der Waals surface area contributed by atoms with E-state index in [-0.39, 0.29) is 5.91 Å². The summed E-state index contributed by atoms with van der Waals surface area (Å²) in [5, 5.41) is 0. The van der Waals surface area contributed by atoms with Crippen molar-refractivity contribution >= 4 is 5.91 Å². The van der Waals surface area contributed by atoms with Gasteiger partial charge in [-0.15, -0.1) is 0 Å². The third-order valence-electron chi connectivity index (χ3n) is 2.91. The monoisotopic (exact) mass is 257 g/mol. The van der Waals surface area contributed by atoms with Gasteiger partial charge in [0.2, 0.25) is 5.91 Å². The first-order valence-corrected chi connectivity index (χ1v) is 7.61. The van der Waals surface area contributed by atoms with Crippen molar-refractivity contribution in [1.29, 1.82) is 0 Å². The van der Waals surface area contributed by atoms with E-state index in [1.54, 1.807) is 0 Å². The van der Waals surface area contributed by atoms with Crippen LogP contribution in [0.2, 0.25) is 0 Å². The molecule has 0 saturated carbocycles. The van der Waals surface area contributed by atoms with E-state index in [0.717, 1.165) is 52.0 Å². The van der Waals surface area contributed by atoms with Crippen LogP contribution in [-0.4, -0.2) is 37.1 Å². The smallest absolute Gasteiger partial charge is 0.222 e. The fraction of sp³-hybridized carbons (Fsp3) is 0.933. The minimum atomic E-state index is 0.288. The molecule has 0 aliphatic heterocycles. The molecule has 0 N–H and O–H groups in total. The second-order valence-corrected chi connectivity index (χ2v) is 4.80. The normalized spacial score (nSPS) is 10.6. The highest BCUT2D eigenvalue weighted by atomic mass is 16.5. The molecule has 0 saturated heterocycles. The Hall–Kier alpha value is -0.570. The summed E-state index contributed by atoms with van der Waals surface area (Å²) in [6.07, 6.45) is 7.17. The van der Waals surface area contributed by atoms with E-state index in [1.165, 1.54) is 12.8 Å². The Labute approximate surface area is 113 Å². The molecule has 0 aliphatic carbocycles. The van der Waals surface area contributed by atoms with Crippen molar-refractivity contribution in [3.8, 4) is 0 Å². The molecule has 3 nitrogen and oxygen atoms in total. The van der Waals surface area contributed by atoms with E-state index < -0.39 is 0 Å². The highest BCUT2D eigenvalue weighted by Gasteiger charge is 2.10. The van der Waals surface area contributed by atoms with E-state index in [9.17, 15) is 4.79 Å². The third kappa shape index (κ3) is 9.46. The van der Waals surface area contributed by atoms with Crippen molar-refractivity contribution in [3.63, 3.8) is 0 Å². The van der Waals surface area contributed by atoms with Crippen LogP contribution in [0, 0.1) is 0 Å². The van der Waals surface area contributed by atoms with Gasteiger partial charge in [-0.25, -0.2) is 0 Å². The first-order chi connectivity index (χ1) is 8.76. The van der Waals surface area contributed by atoms with E-state index in [0.29, 0.717) is 6.42 Å². The molecule has 18 heavy (non-hydrogen) atoms. The van der Waals surface area contributed by atoms with Crippen LogP contribution in [0.3, 0.4) is 0 Å². The molecule has 0 spiro atoms. The second kappa shape index (κ2) is 12.9. The van der Waals surface area contributed by atoms with Crippen LogP contribution in [0.1, 0.15) is 65.7 Å². The summed E-state index contributed by atoms with van der Waals surface area (Å²) in [5.41, 5.74) is 0.